The molecule has 0 N–H and O–H groups in total. The Bertz CT molecular complexity index is 971. The number of benzene rings is 2. The van der Waals surface area contributed by atoms with Crippen molar-refractivity contribution in [2.75, 3.05) is 45.2 Å². The summed E-state index contributed by atoms with van der Waals surface area (Å²) in [5, 5.41) is 11.4. The third-order valence-electron chi connectivity index (χ3n) is 5.22. The van der Waals surface area contributed by atoms with Gasteiger partial charge < -0.3 is 9.80 Å². The van der Waals surface area contributed by atoms with Gasteiger partial charge in [-0.2, -0.15) is 13.2 Å². The Morgan fingerprint density at radius 1 is 1.10 bits per heavy atom. The van der Waals surface area contributed by atoms with Crippen LogP contribution >= 0.6 is 0 Å². The van der Waals surface area contributed by atoms with Crippen LogP contribution in [0.15, 0.2) is 42.5 Å². The second kappa shape index (κ2) is 8.93. The summed E-state index contributed by atoms with van der Waals surface area (Å²) in [4.78, 5) is 28.9. The van der Waals surface area contributed by atoms with Crippen molar-refractivity contribution in [3.63, 3.8) is 0 Å². The fraction of sp³-hybridized carbons (Fsp3) is 0.381. The van der Waals surface area contributed by atoms with Gasteiger partial charge in [0.1, 0.15) is 5.69 Å². The summed E-state index contributed by atoms with van der Waals surface area (Å²) in [5.74, 6) is -0.299. The largest absolute Gasteiger partial charge is 0.416 e. The van der Waals surface area contributed by atoms with Gasteiger partial charge in [0.05, 0.1) is 10.5 Å². The second-order valence-corrected chi connectivity index (χ2v) is 7.62. The van der Waals surface area contributed by atoms with Gasteiger partial charge in [-0.1, -0.05) is 18.2 Å². The third-order valence-corrected chi connectivity index (χ3v) is 5.22. The number of anilines is 1. The van der Waals surface area contributed by atoms with Crippen molar-refractivity contribution in [2.24, 2.45) is 0 Å². The van der Waals surface area contributed by atoms with E-state index in [4.69, 9.17) is 0 Å². The van der Waals surface area contributed by atoms with E-state index in [0.29, 0.717) is 44.0 Å². The Labute approximate surface area is 177 Å². The molecule has 0 bridgehead atoms. The summed E-state index contributed by atoms with van der Waals surface area (Å²) in [7, 11) is 3.38. The van der Waals surface area contributed by atoms with Crippen LogP contribution in [0.1, 0.15) is 21.5 Å². The summed E-state index contributed by atoms with van der Waals surface area (Å²) < 4.78 is 38.7. The average Bonchev–Trinajstić information content (AvgIpc) is 2.73. The minimum absolute atomic E-state index is 0.140. The first kappa shape index (κ1) is 22.5. The highest BCUT2D eigenvalue weighted by Crippen LogP contribution is 2.30. The minimum atomic E-state index is -4.38. The standard InChI is InChI=1S/C21H23F3N4O3/c1-25(2)18-7-6-16(13-19(18)28(30)31)20(29)27-10-8-26(9-11-27)14-15-4-3-5-17(12-15)21(22,23)24/h3-7,12-13H,8-11,14H2,1-2H3. The predicted molar refractivity (Wildman–Crippen MR) is 110 cm³/mol. The first-order valence-corrected chi connectivity index (χ1v) is 9.70. The van der Waals surface area contributed by atoms with Gasteiger partial charge in [0.2, 0.25) is 0 Å². The maximum absolute atomic E-state index is 12.9. The van der Waals surface area contributed by atoms with Crippen LogP contribution in [-0.4, -0.2) is 60.9 Å². The zero-order chi connectivity index (χ0) is 22.8. The topological polar surface area (TPSA) is 69.9 Å². The molecule has 10 heteroatoms. The van der Waals surface area contributed by atoms with Crippen LogP contribution in [-0.2, 0) is 12.7 Å². The lowest BCUT2D eigenvalue weighted by atomic mass is 10.1. The van der Waals surface area contributed by atoms with Gasteiger partial charge in [-0.3, -0.25) is 19.8 Å². The quantitative estimate of drug-likeness (QED) is 0.529. The van der Waals surface area contributed by atoms with E-state index in [9.17, 15) is 28.1 Å². The normalized spacial score (nSPS) is 15.1. The first-order chi connectivity index (χ1) is 14.6. The van der Waals surface area contributed by atoms with Crippen LogP contribution < -0.4 is 4.90 Å². The number of hydrogen-bond donors (Lipinski definition) is 0. The molecular weight excluding hydrogens is 413 g/mol. The summed E-state index contributed by atoms with van der Waals surface area (Å²) in [6, 6.07) is 9.63. The minimum Gasteiger partial charge on any atom is -0.372 e. The van der Waals surface area contributed by atoms with Gasteiger partial charge in [0.15, 0.2) is 0 Å². The van der Waals surface area contributed by atoms with Crippen LogP contribution in [0.4, 0.5) is 24.5 Å². The van der Waals surface area contributed by atoms with E-state index in [2.05, 4.69) is 0 Å². The van der Waals surface area contributed by atoms with Crippen molar-refractivity contribution in [3.05, 3.63) is 69.3 Å². The lowest BCUT2D eigenvalue weighted by Gasteiger charge is -2.35. The Kier molecular flexibility index (Phi) is 6.49. The van der Waals surface area contributed by atoms with Gasteiger partial charge in [0.25, 0.3) is 11.6 Å². The summed E-state index contributed by atoms with van der Waals surface area (Å²) in [6.45, 7) is 2.14. The van der Waals surface area contributed by atoms with E-state index in [1.807, 2.05) is 4.90 Å². The van der Waals surface area contributed by atoms with Crippen molar-refractivity contribution in [1.29, 1.82) is 0 Å². The van der Waals surface area contributed by atoms with Gasteiger partial charge in [-0.25, -0.2) is 0 Å². The molecule has 0 atom stereocenters. The number of amides is 1. The molecule has 2 aromatic rings. The first-order valence-electron chi connectivity index (χ1n) is 9.70. The van der Waals surface area contributed by atoms with Crippen molar-refractivity contribution in [3.8, 4) is 0 Å². The van der Waals surface area contributed by atoms with Crippen LogP contribution in [0.25, 0.3) is 0 Å². The third kappa shape index (κ3) is 5.32. The molecule has 3 rings (SSSR count). The van der Waals surface area contributed by atoms with E-state index in [0.717, 1.165) is 12.1 Å². The Morgan fingerprint density at radius 2 is 1.77 bits per heavy atom. The molecule has 0 radical (unpaired) electrons. The van der Waals surface area contributed by atoms with Gasteiger partial charge in [0, 0.05) is 58.4 Å². The molecule has 1 aliphatic rings. The number of rotatable bonds is 5. The van der Waals surface area contributed by atoms with Crippen molar-refractivity contribution < 1.29 is 22.9 Å². The highest BCUT2D eigenvalue weighted by Gasteiger charge is 2.31. The maximum Gasteiger partial charge on any atom is 0.416 e. The monoisotopic (exact) mass is 436 g/mol. The molecular formula is C21H23F3N4O3. The van der Waals surface area contributed by atoms with Crippen LogP contribution in [0.2, 0.25) is 0 Å². The summed E-state index contributed by atoms with van der Waals surface area (Å²) >= 11 is 0. The number of halogens is 3. The Morgan fingerprint density at radius 3 is 2.35 bits per heavy atom. The van der Waals surface area contributed by atoms with E-state index in [1.165, 1.54) is 12.1 Å². The molecule has 1 saturated heterocycles. The molecule has 1 aliphatic heterocycles. The molecule has 2 aromatic carbocycles. The zero-order valence-corrected chi connectivity index (χ0v) is 17.2. The molecule has 7 nitrogen and oxygen atoms in total. The summed E-state index contributed by atoms with van der Waals surface area (Å²) in [5.41, 5.74) is 0.390. The molecule has 31 heavy (non-hydrogen) atoms. The molecule has 0 aliphatic carbocycles. The number of nitro groups is 1. The van der Waals surface area contributed by atoms with E-state index >= 15 is 0 Å². The highest BCUT2D eigenvalue weighted by molar-refractivity contribution is 5.95. The molecule has 0 aromatic heterocycles. The number of carbonyl (C=O) groups is 1. The lowest BCUT2D eigenvalue weighted by molar-refractivity contribution is -0.384. The SMILES string of the molecule is CN(C)c1ccc(C(=O)N2CCN(Cc3cccc(C(F)(F)F)c3)CC2)cc1[N+](=O)[O-]. The number of nitrogens with zero attached hydrogens (tertiary/aromatic N) is 4. The molecule has 1 fully saturated rings. The second-order valence-electron chi connectivity index (χ2n) is 7.62. The molecule has 166 valence electrons. The van der Waals surface area contributed by atoms with E-state index in [-0.39, 0.29) is 17.2 Å². The Hall–Kier alpha value is -3.14. The van der Waals surface area contributed by atoms with Crippen molar-refractivity contribution in [1.82, 2.24) is 9.80 Å². The molecule has 0 spiro atoms. The summed E-state index contributed by atoms with van der Waals surface area (Å²) in [6.07, 6.45) is -4.38. The van der Waals surface area contributed by atoms with Gasteiger partial charge in [-0.15, -0.1) is 0 Å². The fourth-order valence-electron chi connectivity index (χ4n) is 3.58. The van der Waals surface area contributed by atoms with Crippen molar-refractivity contribution >= 4 is 17.3 Å². The zero-order valence-electron chi connectivity index (χ0n) is 17.2. The fourth-order valence-corrected chi connectivity index (χ4v) is 3.58. The van der Waals surface area contributed by atoms with Crippen LogP contribution in [0.5, 0.6) is 0 Å². The van der Waals surface area contributed by atoms with Gasteiger partial charge in [-0.05, 0) is 23.8 Å². The van der Waals surface area contributed by atoms with Gasteiger partial charge >= 0.3 is 6.18 Å². The van der Waals surface area contributed by atoms with Crippen molar-refractivity contribution in [2.45, 2.75) is 12.7 Å². The average molecular weight is 436 g/mol. The molecule has 0 saturated carbocycles. The number of alkyl halides is 3. The lowest BCUT2D eigenvalue weighted by Crippen LogP contribution is -2.48. The van der Waals surface area contributed by atoms with E-state index in [1.54, 1.807) is 42.1 Å². The van der Waals surface area contributed by atoms with E-state index < -0.39 is 16.7 Å². The van der Waals surface area contributed by atoms with Crippen LogP contribution in [0, 0.1) is 10.1 Å². The Balaban J connectivity index is 1.64. The highest BCUT2D eigenvalue weighted by atomic mass is 19.4. The predicted octanol–water partition coefficient (Wildman–Crippen LogP) is 3.64. The number of carbonyl (C=O) groups excluding carboxylic acids is 1. The van der Waals surface area contributed by atoms with Crippen LogP contribution in [0.3, 0.4) is 0 Å². The molecule has 0 unspecified atom stereocenters. The maximum atomic E-state index is 12.9. The molecule has 1 heterocycles. The molecule has 1 amide bonds. The smallest absolute Gasteiger partial charge is 0.372 e. The number of hydrogen-bond acceptors (Lipinski definition) is 5. The number of nitro benzene ring substituents is 1. The number of piperazine rings is 1.